The first-order valence-corrected chi connectivity index (χ1v) is 6.74. The molecule has 0 aliphatic rings. The van der Waals surface area contributed by atoms with Crippen LogP contribution in [0.15, 0.2) is 41.0 Å². The van der Waals surface area contributed by atoms with E-state index >= 15 is 0 Å². The van der Waals surface area contributed by atoms with Gasteiger partial charge < -0.3 is 5.32 Å². The number of nitrogens with one attached hydrogen (secondary N) is 2. The van der Waals surface area contributed by atoms with Crippen LogP contribution in [0.3, 0.4) is 0 Å². The topological polar surface area (TPSA) is 54.0 Å². The molecule has 0 aliphatic heterocycles. The van der Waals surface area contributed by atoms with Gasteiger partial charge in [-0.25, -0.2) is 9.78 Å². The minimum Gasteiger partial charge on any atom is -0.308 e. The lowest BCUT2D eigenvalue weighted by atomic mass is 10.3. The summed E-state index contributed by atoms with van der Waals surface area (Å²) >= 11 is 15.0. The van der Waals surface area contributed by atoms with E-state index < -0.39 is 6.03 Å². The molecule has 0 unspecified atom stereocenters. The zero-order chi connectivity index (χ0) is 13.8. The Morgan fingerprint density at radius 2 is 1.84 bits per heavy atom. The maximum Gasteiger partial charge on any atom is 0.324 e. The van der Waals surface area contributed by atoms with Crippen molar-refractivity contribution in [2.75, 3.05) is 10.6 Å². The van der Waals surface area contributed by atoms with Crippen molar-refractivity contribution in [2.45, 2.75) is 0 Å². The molecule has 1 heterocycles. The second kappa shape index (κ2) is 6.23. The number of carbonyl (C=O) groups excluding carboxylic acids is 1. The van der Waals surface area contributed by atoms with Gasteiger partial charge in [0.25, 0.3) is 0 Å². The Labute approximate surface area is 128 Å². The molecule has 19 heavy (non-hydrogen) atoms. The number of pyridine rings is 1. The van der Waals surface area contributed by atoms with E-state index in [1.165, 1.54) is 0 Å². The van der Waals surface area contributed by atoms with Crippen molar-refractivity contribution >= 4 is 56.7 Å². The summed E-state index contributed by atoms with van der Waals surface area (Å²) in [6.07, 6.45) is 1.58. The summed E-state index contributed by atoms with van der Waals surface area (Å²) in [5.74, 6) is 0.424. The van der Waals surface area contributed by atoms with Gasteiger partial charge >= 0.3 is 6.03 Å². The third-order valence-electron chi connectivity index (χ3n) is 2.11. The molecule has 1 aromatic heterocycles. The highest BCUT2D eigenvalue weighted by Gasteiger charge is 2.07. The normalized spacial score (nSPS) is 10.1. The van der Waals surface area contributed by atoms with Crippen molar-refractivity contribution in [3.05, 3.63) is 51.0 Å². The smallest absolute Gasteiger partial charge is 0.308 e. The van der Waals surface area contributed by atoms with Crippen molar-refractivity contribution in [2.24, 2.45) is 0 Å². The van der Waals surface area contributed by atoms with E-state index in [0.29, 0.717) is 26.0 Å². The monoisotopic (exact) mass is 359 g/mol. The van der Waals surface area contributed by atoms with E-state index in [9.17, 15) is 4.79 Å². The van der Waals surface area contributed by atoms with Crippen LogP contribution in [0.4, 0.5) is 16.3 Å². The molecule has 0 aliphatic carbocycles. The molecule has 4 nitrogen and oxygen atoms in total. The highest BCUT2D eigenvalue weighted by atomic mass is 79.9. The van der Waals surface area contributed by atoms with Crippen LogP contribution in [0.25, 0.3) is 0 Å². The zero-order valence-corrected chi connectivity index (χ0v) is 12.6. The molecule has 2 N–H and O–H groups in total. The largest absolute Gasteiger partial charge is 0.324 e. The summed E-state index contributed by atoms with van der Waals surface area (Å²) in [6, 6.07) is 7.88. The van der Waals surface area contributed by atoms with E-state index in [4.69, 9.17) is 23.2 Å². The highest BCUT2D eigenvalue weighted by Crippen LogP contribution is 2.23. The van der Waals surface area contributed by atoms with Gasteiger partial charge in [0.2, 0.25) is 0 Å². The maximum atomic E-state index is 11.8. The molecule has 0 saturated heterocycles. The lowest BCUT2D eigenvalue weighted by molar-refractivity contribution is 0.262. The van der Waals surface area contributed by atoms with Gasteiger partial charge in [0.1, 0.15) is 5.82 Å². The number of hydrogen-bond donors (Lipinski definition) is 2. The van der Waals surface area contributed by atoms with Crippen LogP contribution in [0, 0.1) is 0 Å². The van der Waals surface area contributed by atoms with Gasteiger partial charge in [0.15, 0.2) is 0 Å². The van der Waals surface area contributed by atoms with Crippen molar-refractivity contribution in [1.29, 1.82) is 0 Å². The van der Waals surface area contributed by atoms with Crippen LogP contribution in [-0.2, 0) is 0 Å². The molecule has 2 aromatic rings. The first kappa shape index (κ1) is 14.1. The number of nitrogens with zero attached hydrogens (tertiary/aromatic N) is 1. The number of aromatic nitrogens is 1. The Morgan fingerprint density at radius 3 is 2.47 bits per heavy atom. The summed E-state index contributed by atoms with van der Waals surface area (Å²) in [5.41, 5.74) is 0.502. The van der Waals surface area contributed by atoms with Crippen molar-refractivity contribution in [3.8, 4) is 0 Å². The number of benzene rings is 1. The SMILES string of the molecule is O=C(Nc1cc(Cl)cc(Cl)c1)Nc1ncccc1Br. The summed E-state index contributed by atoms with van der Waals surface area (Å²) in [4.78, 5) is 15.8. The molecule has 0 radical (unpaired) electrons. The Bertz CT molecular complexity index is 601. The molecule has 2 amide bonds. The fourth-order valence-electron chi connectivity index (χ4n) is 1.37. The van der Waals surface area contributed by atoms with Gasteiger partial charge in [0.05, 0.1) is 4.47 Å². The third-order valence-corrected chi connectivity index (χ3v) is 3.19. The lowest BCUT2D eigenvalue weighted by Crippen LogP contribution is -2.20. The molecule has 0 bridgehead atoms. The first-order valence-electron chi connectivity index (χ1n) is 5.19. The predicted molar refractivity (Wildman–Crippen MR) is 81.0 cm³/mol. The standard InChI is InChI=1S/C12H8BrCl2N3O/c13-10-2-1-3-16-11(10)18-12(19)17-9-5-7(14)4-8(15)6-9/h1-6H,(H2,16,17,18,19). The molecule has 98 valence electrons. The lowest BCUT2D eigenvalue weighted by Gasteiger charge is -2.08. The summed E-state index contributed by atoms with van der Waals surface area (Å²) in [5, 5.41) is 6.12. The van der Waals surface area contributed by atoms with Crippen LogP contribution in [0.5, 0.6) is 0 Å². The molecule has 0 saturated carbocycles. The van der Waals surface area contributed by atoms with Crippen LogP contribution in [-0.4, -0.2) is 11.0 Å². The van der Waals surface area contributed by atoms with Gasteiger partial charge in [-0.2, -0.15) is 0 Å². The average Bonchev–Trinajstić information content (AvgIpc) is 2.30. The fraction of sp³-hybridized carbons (Fsp3) is 0. The minimum absolute atomic E-state index is 0.424. The van der Waals surface area contributed by atoms with Gasteiger partial charge in [-0.15, -0.1) is 0 Å². The van der Waals surface area contributed by atoms with Gasteiger partial charge in [0, 0.05) is 21.9 Å². The number of anilines is 2. The van der Waals surface area contributed by atoms with Crippen LogP contribution < -0.4 is 10.6 Å². The molecule has 0 spiro atoms. The minimum atomic E-state index is -0.433. The van der Waals surface area contributed by atoms with E-state index in [1.54, 1.807) is 36.5 Å². The van der Waals surface area contributed by atoms with E-state index in [1.807, 2.05) is 0 Å². The molecule has 1 aromatic carbocycles. The average molecular weight is 361 g/mol. The third kappa shape index (κ3) is 4.09. The van der Waals surface area contributed by atoms with Crippen molar-refractivity contribution < 1.29 is 4.79 Å². The summed E-state index contributed by atoms with van der Waals surface area (Å²) in [6.45, 7) is 0. The number of carbonyl (C=O) groups is 1. The molecule has 0 atom stereocenters. The Morgan fingerprint density at radius 1 is 1.16 bits per heavy atom. The number of halogens is 3. The predicted octanol–water partition coefficient (Wildman–Crippen LogP) is 4.79. The van der Waals surface area contributed by atoms with Crippen LogP contribution >= 0.6 is 39.1 Å². The quantitative estimate of drug-likeness (QED) is 0.808. The Balaban J connectivity index is 2.07. The molecule has 0 fully saturated rings. The van der Waals surface area contributed by atoms with Crippen LogP contribution in [0.1, 0.15) is 0 Å². The van der Waals surface area contributed by atoms with Crippen LogP contribution in [0.2, 0.25) is 10.0 Å². The second-order valence-corrected chi connectivity index (χ2v) is 5.30. The van der Waals surface area contributed by atoms with Gasteiger partial charge in [-0.1, -0.05) is 23.2 Å². The molecule has 7 heteroatoms. The molecule has 2 rings (SSSR count). The van der Waals surface area contributed by atoms with E-state index in [-0.39, 0.29) is 0 Å². The zero-order valence-electron chi connectivity index (χ0n) is 9.45. The Kier molecular flexibility index (Phi) is 4.63. The summed E-state index contributed by atoms with van der Waals surface area (Å²) < 4.78 is 0.689. The van der Waals surface area contributed by atoms with Crippen molar-refractivity contribution in [1.82, 2.24) is 4.98 Å². The van der Waals surface area contributed by atoms with Gasteiger partial charge in [-0.3, -0.25) is 5.32 Å². The number of amides is 2. The summed E-state index contributed by atoms with van der Waals surface area (Å²) in [7, 11) is 0. The first-order chi connectivity index (χ1) is 9.04. The maximum absolute atomic E-state index is 11.8. The van der Waals surface area contributed by atoms with Crippen molar-refractivity contribution in [3.63, 3.8) is 0 Å². The molecular formula is C12H8BrCl2N3O. The number of rotatable bonds is 2. The van der Waals surface area contributed by atoms with E-state index in [0.717, 1.165) is 0 Å². The Hall–Kier alpha value is -1.30. The number of urea groups is 1. The molecular weight excluding hydrogens is 353 g/mol. The highest BCUT2D eigenvalue weighted by molar-refractivity contribution is 9.10. The fourth-order valence-corrected chi connectivity index (χ4v) is 2.25. The second-order valence-electron chi connectivity index (χ2n) is 3.57. The number of hydrogen-bond acceptors (Lipinski definition) is 2. The van der Waals surface area contributed by atoms with Gasteiger partial charge in [-0.05, 0) is 46.3 Å². The van der Waals surface area contributed by atoms with E-state index in [2.05, 4.69) is 31.5 Å².